The lowest BCUT2D eigenvalue weighted by molar-refractivity contribution is 0.166. The van der Waals surface area contributed by atoms with Gasteiger partial charge in [0.25, 0.3) is 0 Å². The smallest absolute Gasteiger partial charge is 0.0795 e. The van der Waals surface area contributed by atoms with Gasteiger partial charge in [0.15, 0.2) is 0 Å². The van der Waals surface area contributed by atoms with Crippen LogP contribution in [-0.4, -0.2) is 11.0 Å². The first kappa shape index (κ1) is 11.1. The molecule has 0 saturated heterocycles. The molecule has 1 fully saturated rings. The van der Waals surface area contributed by atoms with E-state index in [1.54, 1.807) is 11.3 Å². The van der Waals surface area contributed by atoms with Crippen LogP contribution in [0.1, 0.15) is 45.2 Å². The summed E-state index contributed by atoms with van der Waals surface area (Å²) in [6.07, 6.45) is 5.43. The molecule has 1 aliphatic carbocycles. The van der Waals surface area contributed by atoms with Crippen molar-refractivity contribution in [3.05, 3.63) is 16.6 Å². The molecule has 15 heavy (non-hydrogen) atoms. The second-order valence-corrected chi connectivity index (χ2v) is 5.87. The molecule has 1 aliphatic rings. The molecule has 0 amide bonds. The van der Waals surface area contributed by atoms with Crippen molar-refractivity contribution in [3.8, 4) is 0 Å². The molecule has 1 aromatic heterocycles. The minimum atomic E-state index is 0.453. The van der Waals surface area contributed by atoms with Gasteiger partial charge in [0.05, 0.1) is 11.2 Å². The molecule has 1 aromatic rings. The van der Waals surface area contributed by atoms with Gasteiger partial charge in [-0.3, -0.25) is 0 Å². The van der Waals surface area contributed by atoms with Crippen LogP contribution in [0.25, 0.3) is 0 Å². The molecule has 2 rings (SSSR count). The van der Waals surface area contributed by atoms with E-state index in [9.17, 15) is 0 Å². The highest BCUT2D eigenvalue weighted by Crippen LogP contribution is 2.35. The van der Waals surface area contributed by atoms with Gasteiger partial charge in [-0.25, -0.2) is 4.98 Å². The second-order valence-electron chi connectivity index (χ2n) is 5.15. The summed E-state index contributed by atoms with van der Waals surface area (Å²) in [6.45, 7) is 5.69. The predicted molar refractivity (Wildman–Crippen MR) is 65.0 cm³/mol. The minimum absolute atomic E-state index is 0.453. The summed E-state index contributed by atoms with van der Waals surface area (Å²) in [4.78, 5) is 4.30. The van der Waals surface area contributed by atoms with Gasteiger partial charge in [-0.05, 0) is 18.3 Å². The predicted octanol–water partition coefficient (Wildman–Crippen LogP) is 3.20. The molecule has 3 heteroatoms. The molecular weight excluding hydrogens is 204 g/mol. The lowest BCUT2D eigenvalue weighted by Gasteiger charge is -2.39. The van der Waals surface area contributed by atoms with Gasteiger partial charge in [-0.2, -0.15) is 0 Å². The highest BCUT2D eigenvalue weighted by molar-refractivity contribution is 7.07. The molecule has 0 bridgehead atoms. The lowest BCUT2D eigenvalue weighted by atomic mass is 9.73. The Hall–Kier alpha value is -0.410. The molecule has 1 unspecified atom stereocenters. The van der Waals surface area contributed by atoms with E-state index in [0.717, 1.165) is 6.54 Å². The summed E-state index contributed by atoms with van der Waals surface area (Å²) in [7, 11) is 0. The Labute approximate surface area is 96.1 Å². The van der Waals surface area contributed by atoms with Gasteiger partial charge in [-0.15, -0.1) is 11.3 Å². The Morgan fingerprint density at radius 3 is 3.07 bits per heavy atom. The van der Waals surface area contributed by atoms with Gasteiger partial charge in [0.2, 0.25) is 0 Å². The molecule has 1 atom stereocenters. The summed E-state index contributed by atoms with van der Waals surface area (Å²) in [5.41, 5.74) is 3.54. The summed E-state index contributed by atoms with van der Waals surface area (Å²) in [6, 6.07) is 0.660. The third kappa shape index (κ3) is 2.79. The Kier molecular flexibility index (Phi) is 3.42. The molecule has 0 spiro atoms. The van der Waals surface area contributed by atoms with Gasteiger partial charge in [0, 0.05) is 18.0 Å². The molecular formula is C12H20N2S. The van der Waals surface area contributed by atoms with Crippen LogP contribution >= 0.6 is 11.3 Å². The third-order valence-corrected chi connectivity index (χ3v) is 4.16. The highest BCUT2D eigenvalue weighted by atomic mass is 32.1. The topological polar surface area (TPSA) is 24.9 Å². The van der Waals surface area contributed by atoms with E-state index in [0.29, 0.717) is 11.5 Å². The first-order chi connectivity index (χ1) is 7.18. The van der Waals surface area contributed by atoms with Gasteiger partial charge < -0.3 is 5.32 Å². The summed E-state index contributed by atoms with van der Waals surface area (Å²) in [5.74, 6) is 0. The van der Waals surface area contributed by atoms with Crippen molar-refractivity contribution in [2.24, 2.45) is 5.41 Å². The molecule has 0 aromatic carbocycles. The maximum absolute atomic E-state index is 4.30. The van der Waals surface area contributed by atoms with Crippen molar-refractivity contribution in [3.63, 3.8) is 0 Å². The molecule has 84 valence electrons. The quantitative estimate of drug-likeness (QED) is 0.853. The number of thiazole rings is 1. The van der Waals surface area contributed by atoms with Gasteiger partial charge in [-0.1, -0.05) is 26.7 Å². The zero-order valence-electron chi connectivity index (χ0n) is 9.62. The van der Waals surface area contributed by atoms with E-state index in [2.05, 4.69) is 29.5 Å². The van der Waals surface area contributed by atoms with Crippen molar-refractivity contribution in [1.82, 2.24) is 10.3 Å². The number of aromatic nitrogens is 1. The van der Waals surface area contributed by atoms with Crippen molar-refractivity contribution in [1.29, 1.82) is 0 Å². The average molecular weight is 224 g/mol. The van der Waals surface area contributed by atoms with E-state index in [1.807, 2.05) is 5.51 Å². The van der Waals surface area contributed by atoms with Crippen LogP contribution in [0.5, 0.6) is 0 Å². The average Bonchev–Trinajstić information content (AvgIpc) is 2.68. The lowest BCUT2D eigenvalue weighted by Crippen LogP contribution is -2.43. The fourth-order valence-electron chi connectivity index (χ4n) is 2.43. The molecule has 1 N–H and O–H groups in total. The summed E-state index contributed by atoms with van der Waals surface area (Å²) in [5, 5.41) is 5.79. The molecule has 1 saturated carbocycles. The fourth-order valence-corrected chi connectivity index (χ4v) is 2.98. The monoisotopic (exact) mass is 224 g/mol. The zero-order valence-corrected chi connectivity index (χ0v) is 10.4. The van der Waals surface area contributed by atoms with Gasteiger partial charge >= 0.3 is 0 Å². The normalized spacial score (nSPS) is 25.3. The Morgan fingerprint density at radius 1 is 1.53 bits per heavy atom. The van der Waals surface area contributed by atoms with E-state index in [4.69, 9.17) is 0 Å². The Bertz CT molecular complexity index is 293. The van der Waals surface area contributed by atoms with Crippen LogP contribution in [-0.2, 0) is 6.54 Å². The van der Waals surface area contributed by atoms with Crippen LogP contribution < -0.4 is 5.32 Å². The number of rotatable bonds is 3. The van der Waals surface area contributed by atoms with Crippen LogP contribution in [0.4, 0.5) is 0 Å². The largest absolute Gasteiger partial charge is 0.308 e. The van der Waals surface area contributed by atoms with E-state index < -0.39 is 0 Å². The standard InChI is InChI=1S/C12H20N2S/c1-12(2)6-4-3-5-11(12)13-7-10-8-15-9-14-10/h8-9,11,13H,3-7H2,1-2H3. The Morgan fingerprint density at radius 2 is 2.40 bits per heavy atom. The number of nitrogens with one attached hydrogen (secondary N) is 1. The zero-order chi connectivity index (χ0) is 10.7. The molecule has 2 nitrogen and oxygen atoms in total. The summed E-state index contributed by atoms with van der Waals surface area (Å²) < 4.78 is 0. The van der Waals surface area contributed by atoms with Crippen molar-refractivity contribution in [2.75, 3.05) is 0 Å². The SMILES string of the molecule is CC1(C)CCCCC1NCc1cscn1. The third-order valence-electron chi connectivity index (χ3n) is 3.52. The molecule has 0 aliphatic heterocycles. The van der Waals surface area contributed by atoms with Gasteiger partial charge in [0.1, 0.15) is 0 Å². The summed E-state index contributed by atoms with van der Waals surface area (Å²) >= 11 is 1.67. The minimum Gasteiger partial charge on any atom is -0.308 e. The van der Waals surface area contributed by atoms with Crippen LogP contribution in [0, 0.1) is 5.41 Å². The van der Waals surface area contributed by atoms with Crippen LogP contribution in [0.15, 0.2) is 10.9 Å². The van der Waals surface area contributed by atoms with E-state index in [-0.39, 0.29) is 0 Å². The van der Waals surface area contributed by atoms with E-state index in [1.165, 1.54) is 31.4 Å². The van der Waals surface area contributed by atoms with Crippen molar-refractivity contribution < 1.29 is 0 Å². The maximum atomic E-state index is 4.30. The van der Waals surface area contributed by atoms with Crippen molar-refractivity contribution in [2.45, 2.75) is 52.1 Å². The first-order valence-corrected chi connectivity index (χ1v) is 6.73. The van der Waals surface area contributed by atoms with Crippen molar-refractivity contribution >= 4 is 11.3 Å². The highest BCUT2D eigenvalue weighted by Gasteiger charge is 2.31. The van der Waals surface area contributed by atoms with E-state index >= 15 is 0 Å². The molecule has 0 radical (unpaired) electrons. The number of hydrogen-bond acceptors (Lipinski definition) is 3. The van der Waals surface area contributed by atoms with Crippen LogP contribution in [0.3, 0.4) is 0 Å². The number of hydrogen-bond donors (Lipinski definition) is 1. The Balaban J connectivity index is 1.88. The van der Waals surface area contributed by atoms with Crippen LogP contribution in [0.2, 0.25) is 0 Å². The second kappa shape index (κ2) is 4.62. The fraction of sp³-hybridized carbons (Fsp3) is 0.750. The molecule has 1 heterocycles. The first-order valence-electron chi connectivity index (χ1n) is 5.79. The maximum Gasteiger partial charge on any atom is 0.0795 e. The number of nitrogens with zero attached hydrogens (tertiary/aromatic N) is 1.